The second kappa shape index (κ2) is 3.83. The second-order valence-electron chi connectivity index (χ2n) is 4.74. The van der Waals surface area contributed by atoms with Crippen molar-refractivity contribution >= 4 is 0 Å². The van der Waals surface area contributed by atoms with E-state index in [1.165, 1.54) is 45.2 Å². The number of allylic oxidation sites excluding steroid dienone is 1. The van der Waals surface area contributed by atoms with Gasteiger partial charge in [0.05, 0.1) is 0 Å². The van der Waals surface area contributed by atoms with E-state index in [4.69, 9.17) is 0 Å². The van der Waals surface area contributed by atoms with Crippen LogP contribution in [0, 0.1) is 11.3 Å². The first-order chi connectivity index (χ1) is 6.37. The summed E-state index contributed by atoms with van der Waals surface area (Å²) in [7, 11) is 0. The maximum Gasteiger partial charge on any atom is 0.00105 e. The van der Waals surface area contributed by atoms with Crippen molar-refractivity contribution in [3.8, 4) is 0 Å². The molecule has 0 saturated heterocycles. The smallest absolute Gasteiger partial charge is 0.00105 e. The van der Waals surface area contributed by atoms with Crippen molar-refractivity contribution in [2.24, 2.45) is 11.3 Å². The Morgan fingerprint density at radius 2 is 2.15 bits per heavy atom. The molecule has 0 aromatic rings. The van der Waals surface area contributed by atoms with Gasteiger partial charge >= 0.3 is 0 Å². The Bertz CT molecular complexity index is 178. The van der Waals surface area contributed by atoms with Crippen molar-refractivity contribution in [1.29, 1.82) is 0 Å². The van der Waals surface area contributed by atoms with Gasteiger partial charge in [-0.1, -0.05) is 6.08 Å². The fourth-order valence-corrected chi connectivity index (χ4v) is 2.29. The molecule has 1 heteroatoms. The highest BCUT2D eigenvalue weighted by Crippen LogP contribution is 2.60. The number of rotatable bonds is 7. The molecule has 1 nitrogen and oxygen atoms in total. The molecule has 2 saturated carbocycles. The van der Waals surface area contributed by atoms with E-state index >= 15 is 0 Å². The lowest BCUT2D eigenvalue weighted by Crippen LogP contribution is -2.26. The molecule has 0 atom stereocenters. The molecular formula is C12H21N. The largest absolute Gasteiger partial charge is 0.316 e. The predicted molar refractivity (Wildman–Crippen MR) is 56.7 cm³/mol. The molecule has 0 bridgehead atoms. The summed E-state index contributed by atoms with van der Waals surface area (Å²) in [5.74, 6) is 1.10. The Morgan fingerprint density at radius 3 is 2.69 bits per heavy atom. The predicted octanol–water partition coefficient (Wildman–Crippen LogP) is 2.73. The number of nitrogens with one attached hydrogen (secondary N) is 1. The number of unbranched alkanes of at least 4 members (excludes halogenated alkanes) is 1. The molecule has 0 aliphatic heterocycles. The summed E-state index contributed by atoms with van der Waals surface area (Å²) in [6, 6.07) is 0. The first-order valence-corrected chi connectivity index (χ1v) is 5.69. The number of hydrogen-bond acceptors (Lipinski definition) is 1. The Balaban J connectivity index is 1.54. The quantitative estimate of drug-likeness (QED) is 0.468. The summed E-state index contributed by atoms with van der Waals surface area (Å²) in [4.78, 5) is 0. The van der Waals surface area contributed by atoms with Crippen LogP contribution in [0.1, 0.15) is 38.5 Å². The monoisotopic (exact) mass is 179 g/mol. The molecule has 0 radical (unpaired) electrons. The van der Waals surface area contributed by atoms with Crippen molar-refractivity contribution in [3.63, 3.8) is 0 Å². The van der Waals surface area contributed by atoms with Crippen molar-refractivity contribution < 1.29 is 0 Å². The maximum atomic E-state index is 3.73. The third-order valence-corrected chi connectivity index (χ3v) is 3.57. The summed E-state index contributed by atoms with van der Waals surface area (Å²) in [5.41, 5.74) is 0.772. The molecule has 74 valence electrons. The van der Waals surface area contributed by atoms with Crippen LogP contribution < -0.4 is 5.32 Å². The van der Waals surface area contributed by atoms with Crippen LogP contribution in [0.3, 0.4) is 0 Å². The van der Waals surface area contributed by atoms with Gasteiger partial charge in [0.15, 0.2) is 0 Å². The van der Waals surface area contributed by atoms with E-state index in [2.05, 4.69) is 11.9 Å². The lowest BCUT2D eigenvalue weighted by molar-refractivity contribution is 0.403. The average Bonchev–Trinajstić information content (AvgIpc) is 2.98. The highest BCUT2D eigenvalue weighted by Gasteiger charge is 2.52. The van der Waals surface area contributed by atoms with Crippen LogP contribution in [-0.2, 0) is 0 Å². The molecule has 0 heterocycles. The molecule has 1 N–H and O–H groups in total. The van der Waals surface area contributed by atoms with Crippen LogP contribution in [0.4, 0.5) is 0 Å². The zero-order valence-corrected chi connectivity index (χ0v) is 8.52. The maximum absolute atomic E-state index is 3.73. The normalized spacial score (nSPS) is 24.3. The van der Waals surface area contributed by atoms with Gasteiger partial charge in [-0.15, -0.1) is 6.58 Å². The molecule has 2 aliphatic rings. The van der Waals surface area contributed by atoms with Gasteiger partial charge < -0.3 is 5.32 Å². The second-order valence-corrected chi connectivity index (χ2v) is 4.74. The number of hydrogen-bond donors (Lipinski definition) is 1. The van der Waals surface area contributed by atoms with Crippen molar-refractivity contribution in [2.45, 2.75) is 38.5 Å². The Hall–Kier alpha value is -0.300. The lowest BCUT2D eigenvalue weighted by Gasteiger charge is -2.14. The van der Waals surface area contributed by atoms with Gasteiger partial charge in [-0.3, -0.25) is 0 Å². The van der Waals surface area contributed by atoms with Crippen LogP contribution in [0.15, 0.2) is 12.7 Å². The van der Waals surface area contributed by atoms with Crippen molar-refractivity contribution in [2.75, 3.05) is 13.1 Å². The minimum absolute atomic E-state index is 0.772. The molecule has 2 rings (SSSR count). The Kier molecular flexibility index (Phi) is 2.73. The van der Waals surface area contributed by atoms with Crippen LogP contribution in [0.25, 0.3) is 0 Å². The first-order valence-electron chi connectivity index (χ1n) is 5.69. The summed E-state index contributed by atoms with van der Waals surface area (Å²) in [6.45, 7) is 6.20. The van der Waals surface area contributed by atoms with Gasteiger partial charge in [0.2, 0.25) is 0 Å². The molecule has 0 aromatic heterocycles. The highest BCUT2D eigenvalue weighted by atomic mass is 14.9. The van der Waals surface area contributed by atoms with Gasteiger partial charge in [-0.2, -0.15) is 0 Å². The average molecular weight is 179 g/mol. The van der Waals surface area contributed by atoms with Gasteiger partial charge in [0.25, 0.3) is 0 Å². The summed E-state index contributed by atoms with van der Waals surface area (Å²) < 4.78 is 0. The Morgan fingerprint density at radius 1 is 1.38 bits per heavy atom. The third kappa shape index (κ3) is 2.34. The molecular weight excluding hydrogens is 158 g/mol. The molecule has 0 spiro atoms. The minimum Gasteiger partial charge on any atom is -0.316 e. The van der Waals surface area contributed by atoms with Crippen molar-refractivity contribution in [1.82, 2.24) is 5.32 Å². The molecule has 2 aliphatic carbocycles. The van der Waals surface area contributed by atoms with Crippen LogP contribution in [0.2, 0.25) is 0 Å². The standard InChI is InChI=1S/C12H21N/c1-2-3-4-9-13-10-12(7-8-12)11-5-6-11/h2,11,13H,1,3-10H2. The van der Waals surface area contributed by atoms with E-state index < -0.39 is 0 Å². The molecule has 0 aromatic carbocycles. The van der Waals surface area contributed by atoms with Crippen molar-refractivity contribution in [3.05, 3.63) is 12.7 Å². The van der Waals surface area contributed by atoms with Gasteiger partial charge in [0, 0.05) is 6.54 Å². The molecule has 0 unspecified atom stereocenters. The van der Waals surface area contributed by atoms with E-state index in [0.717, 1.165) is 17.8 Å². The van der Waals surface area contributed by atoms with E-state index in [1.54, 1.807) is 0 Å². The van der Waals surface area contributed by atoms with Gasteiger partial charge in [-0.25, -0.2) is 0 Å². The third-order valence-electron chi connectivity index (χ3n) is 3.57. The van der Waals surface area contributed by atoms with Gasteiger partial charge in [0.1, 0.15) is 0 Å². The Labute approximate surface area is 81.6 Å². The fourth-order valence-electron chi connectivity index (χ4n) is 2.29. The van der Waals surface area contributed by atoms with Crippen LogP contribution in [0.5, 0.6) is 0 Å². The van der Waals surface area contributed by atoms with E-state index in [1.807, 2.05) is 6.08 Å². The van der Waals surface area contributed by atoms with Crippen LogP contribution in [-0.4, -0.2) is 13.1 Å². The molecule has 2 fully saturated rings. The first kappa shape index (κ1) is 9.26. The summed E-state index contributed by atoms with van der Waals surface area (Å²) >= 11 is 0. The van der Waals surface area contributed by atoms with E-state index in [9.17, 15) is 0 Å². The van der Waals surface area contributed by atoms with E-state index in [-0.39, 0.29) is 0 Å². The van der Waals surface area contributed by atoms with Crippen LogP contribution >= 0.6 is 0 Å². The summed E-state index contributed by atoms with van der Waals surface area (Å²) in [5, 5.41) is 3.60. The lowest BCUT2D eigenvalue weighted by atomic mass is 10.0. The minimum atomic E-state index is 0.772. The summed E-state index contributed by atoms with van der Waals surface area (Å²) in [6.07, 6.45) is 10.4. The van der Waals surface area contributed by atoms with E-state index in [0.29, 0.717) is 0 Å². The fraction of sp³-hybridized carbons (Fsp3) is 0.833. The zero-order chi connectivity index (χ0) is 9.15. The zero-order valence-electron chi connectivity index (χ0n) is 8.52. The SMILES string of the molecule is C=CCCCNCC1(C2CC2)CC1. The topological polar surface area (TPSA) is 12.0 Å². The van der Waals surface area contributed by atoms with Gasteiger partial charge in [-0.05, 0) is 56.4 Å². The highest BCUT2D eigenvalue weighted by molar-refractivity contribution is 5.04. The molecule has 13 heavy (non-hydrogen) atoms. The molecule has 0 amide bonds.